The number of ether oxygens (including phenoxy) is 1. The van der Waals surface area contributed by atoms with E-state index < -0.39 is 28.0 Å². The predicted molar refractivity (Wildman–Crippen MR) is 157 cm³/mol. The largest absolute Gasteiger partial charge is 0.488 e. The molecule has 0 saturated heterocycles. The highest BCUT2D eigenvalue weighted by atomic mass is 32.2. The lowest BCUT2D eigenvalue weighted by molar-refractivity contribution is -0.134. The summed E-state index contributed by atoms with van der Waals surface area (Å²) in [4.78, 5) is 27.7. The van der Waals surface area contributed by atoms with E-state index in [2.05, 4.69) is 10.6 Å². The number of hydrogen-bond donors (Lipinski definition) is 3. The van der Waals surface area contributed by atoms with Crippen LogP contribution in [0.2, 0.25) is 0 Å². The van der Waals surface area contributed by atoms with Gasteiger partial charge in [0.05, 0.1) is 30.5 Å². The molecule has 1 fully saturated rings. The number of nitrogens with one attached hydrogen (secondary N) is 2. The Morgan fingerprint density at radius 1 is 1.17 bits per heavy atom. The Hall–Kier alpha value is -3.22. The number of carbonyl (C=O) groups excluding carboxylic acids is 2. The van der Waals surface area contributed by atoms with Crippen molar-refractivity contribution in [1.29, 1.82) is 0 Å². The van der Waals surface area contributed by atoms with Gasteiger partial charge in [0.1, 0.15) is 17.7 Å². The zero-order valence-electron chi connectivity index (χ0n) is 24.4. The molecule has 2 aromatic rings. The van der Waals surface area contributed by atoms with E-state index in [1.165, 1.54) is 25.6 Å². The molecular formula is C30H41FN4O6S. The van der Waals surface area contributed by atoms with Gasteiger partial charge in [0.25, 0.3) is 0 Å². The molecule has 42 heavy (non-hydrogen) atoms. The normalized spacial score (nSPS) is 21.0. The highest BCUT2D eigenvalue weighted by molar-refractivity contribution is 7.89. The number of aliphatic hydroxyl groups is 1. The van der Waals surface area contributed by atoms with E-state index in [9.17, 15) is 27.5 Å². The van der Waals surface area contributed by atoms with Crippen LogP contribution in [0.5, 0.6) is 5.75 Å². The van der Waals surface area contributed by atoms with Gasteiger partial charge in [-0.1, -0.05) is 26.2 Å². The highest BCUT2D eigenvalue weighted by Gasteiger charge is 2.33. The number of anilines is 1. The lowest BCUT2D eigenvalue weighted by atomic mass is 9.96. The Labute approximate surface area is 247 Å². The molecule has 0 spiro atoms. The molecular weight excluding hydrogens is 563 g/mol. The van der Waals surface area contributed by atoms with E-state index in [0.717, 1.165) is 42.1 Å². The number of rotatable bonds is 8. The Bertz CT molecular complexity index is 1350. The van der Waals surface area contributed by atoms with Crippen LogP contribution in [-0.4, -0.2) is 79.6 Å². The standard InChI is InChI=1S/C30H41FN4O6S/c1-20-17-35(21(2)19-36)29(37)16-22-15-25(33-30(38)32-24-7-5-4-6-8-24)11-14-27(22)41-28(20)18-34(3)42(39,40)26-12-9-23(31)10-13-26/h9-15,20-21,24,28,36H,4-8,16-19H2,1-3H3,(H2,32,33,38)/t20-,21-,28-/m0/s1. The van der Waals surface area contributed by atoms with Gasteiger partial charge in [0.2, 0.25) is 15.9 Å². The number of nitrogens with zero attached hydrogens (tertiary/aromatic N) is 2. The molecule has 1 heterocycles. The van der Waals surface area contributed by atoms with Crippen LogP contribution < -0.4 is 15.4 Å². The maximum atomic E-state index is 13.4. The molecule has 1 aliphatic carbocycles. The first-order valence-electron chi connectivity index (χ1n) is 14.5. The number of halogens is 1. The Kier molecular flexibility index (Phi) is 10.4. The molecule has 4 rings (SSSR count). The van der Waals surface area contributed by atoms with Gasteiger partial charge in [0.15, 0.2) is 0 Å². The summed E-state index contributed by atoms with van der Waals surface area (Å²) in [7, 11) is -2.52. The van der Waals surface area contributed by atoms with Gasteiger partial charge in [-0.05, 0) is 62.2 Å². The monoisotopic (exact) mass is 604 g/mol. The summed E-state index contributed by atoms with van der Waals surface area (Å²) in [5.74, 6) is -0.669. The zero-order valence-corrected chi connectivity index (χ0v) is 25.2. The molecule has 0 bridgehead atoms. The van der Waals surface area contributed by atoms with E-state index in [0.29, 0.717) is 17.0 Å². The van der Waals surface area contributed by atoms with E-state index in [1.807, 2.05) is 6.92 Å². The van der Waals surface area contributed by atoms with Crippen molar-refractivity contribution in [1.82, 2.24) is 14.5 Å². The smallest absolute Gasteiger partial charge is 0.319 e. The van der Waals surface area contributed by atoms with E-state index in [4.69, 9.17) is 4.74 Å². The predicted octanol–water partition coefficient (Wildman–Crippen LogP) is 3.75. The summed E-state index contributed by atoms with van der Waals surface area (Å²) in [6.07, 6.45) is 4.56. The molecule has 12 heteroatoms. The summed E-state index contributed by atoms with van der Waals surface area (Å²) in [5, 5.41) is 15.7. The molecule has 0 aromatic heterocycles. The lowest BCUT2D eigenvalue weighted by Gasteiger charge is -2.33. The van der Waals surface area contributed by atoms with Crippen molar-refractivity contribution in [3.05, 3.63) is 53.8 Å². The third kappa shape index (κ3) is 7.78. The average molecular weight is 605 g/mol. The fraction of sp³-hybridized carbons (Fsp3) is 0.533. The molecule has 10 nitrogen and oxygen atoms in total. The molecule has 2 aliphatic rings. The second kappa shape index (κ2) is 13.8. The first-order chi connectivity index (χ1) is 20.0. The van der Waals surface area contributed by atoms with Crippen molar-refractivity contribution < 1.29 is 32.2 Å². The third-order valence-electron chi connectivity index (χ3n) is 8.07. The first-order valence-corrected chi connectivity index (χ1v) is 15.9. The summed E-state index contributed by atoms with van der Waals surface area (Å²) in [6, 6.07) is 9.04. The molecule has 2 aromatic carbocycles. The SMILES string of the molecule is C[C@H]1CN([C@@H](C)CO)C(=O)Cc2cc(NC(=O)NC3CCCCC3)ccc2O[C@H]1CN(C)S(=O)(=O)c1ccc(F)cc1. The van der Waals surface area contributed by atoms with Crippen molar-refractivity contribution in [2.75, 3.05) is 32.1 Å². The molecule has 230 valence electrons. The molecule has 0 unspecified atom stereocenters. The quantitative estimate of drug-likeness (QED) is 0.421. The fourth-order valence-corrected chi connectivity index (χ4v) is 6.65. The van der Waals surface area contributed by atoms with E-state index >= 15 is 0 Å². The number of carbonyl (C=O) groups is 2. The number of likely N-dealkylation sites (N-methyl/N-ethyl adjacent to an activating group) is 1. The second-order valence-corrected chi connectivity index (χ2v) is 13.4. The maximum absolute atomic E-state index is 13.4. The molecule has 3 N–H and O–H groups in total. The van der Waals surface area contributed by atoms with Gasteiger partial charge in [-0.3, -0.25) is 4.79 Å². The average Bonchev–Trinajstić information content (AvgIpc) is 3.00. The number of fused-ring (bicyclic) bond motifs is 1. The molecule has 1 aliphatic heterocycles. The van der Waals surface area contributed by atoms with E-state index in [1.54, 1.807) is 30.0 Å². The number of hydrogen-bond acceptors (Lipinski definition) is 6. The van der Waals surface area contributed by atoms with Crippen molar-refractivity contribution in [3.63, 3.8) is 0 Å². The fourth-order valence-electron chi connectivity index (χ4n) is 5.46. The van der Waals surface area contributed by atoms with Gasteiger partial charge in [-0.15, -0.1) is 0 Å². The number of aliphatic hydroxyl groups excluding tert-OH is 1. The Morgan fingerprint density at radius 3 is 2.52 bits per heavy atom. The van der Waals surface area contributed by atoms with E-state index in [-0.39, 0.29) is 54.9 Å². The topological polar surface area (TPSA) is 128 Å². The Balaban J connectivity index is 1.59. The maximum Gasteiger partial charge on any atom is 0.319 e. The van der Waals surface area contributed by atoms with Gasteiger partial charge in [-0.25, -0.2) is 17.6 Å². The molecule has 1 saturated carbocycles. The van der Waals surface area contributed by atoms with Crippen LogP contribution in [0.15, 0.2) is 47.4 Å². The van der Waals surface area contributed by atoms with Crippen LogP contribution in [0.25, 0.3) is 0 Å². The van der Waals surface area contributed by atoms with Crippen molar-refractivity contribution >= 4 is 27.6 Å². The minimum Gasteiger partial charge on any atom is -0.488 e. The van der Waals surface area contributed by atoms with Crippen molar-refractivity contribution in [2.24, 2.45) is 5.92 Å². The van der Waals surface area contributed by atoms with Crippen LogP contribution in [-0.2, 0) is 21.2 Å². The van der Waals surface area contributed by atoms with Gasteiger partial charge in [0, 0.05) is 36.8 Å². The summed E-state index contributed by atoms with van der Waals surface area (Å²) in [6.45, 7) is 3.57. The number of amides is 3. The van der Waals surface area contributed by atoms with Gasteiger partial charge in [-0.2, -0.15) is 4.31 Å². The van der Waals surface area contributed by atoms with Crippen LogP contribution in [0.1, 0.15) is 51.5 Å². The zero-order chi connectivity index (χ0) is 30.4. The first kappa shape index (κ1) is 31.7. The summed E-state index contributed by atoms with van der Waals surface area (Å²) in [5.41, 5.74) is 1.04. The van der Waals surface area contributed by atoms with Crippen LogP contribution >= 0.6 is 0 Å². The second-order valence-electron chi connectivity index (χ2n) is 11.4. The lowest BCUT2D eigenvalue weighted by Crippen LogP contribution is -2.48. The van der Waals surface area contributed by atoms with Crippen molar-refractivity contribution in [3.8, 4) is 5.75 Å². The number of urea groups is 1. The molecule has 0 radical (unpaired) electrons. The molecule has 3 atom stereocenters. The summed E-state index contributed by atoms with van der Waals surface area (Å²) < 4.78 is 47.5. The number of benzene rings is 2. The van der Waals surface area contributed by atoms with Gasteiger partial charge >= 0.3 is 6.03 Å². The minimum atomic E-state index is -3.95. The summed E-state index contributed by atoms with van der Waals surface area (Å²) >= 11 is 0. The Morgan fingerprint density at radius 2 is 1.86 bits per heavy atom. The number of sulfonamides is 1. The van der Waals surface area contributed by atoms with Crippen LogP contribution in [0, 0.1) is 11.7 Å². The van der Waals surface area contributed by atoms with Crippen molar-refractivity contribution in [2.45, 2.75) is 75.5 Å². The third-order valence-corrected chi connectivity index (χ3v) is 9.91. The van der Waals surface area contributed by atoms with Crippen LogP contribution in [0.3, 0.4) is 0 Å². The highest BCUT2D eigenvalue weighted by Crippen LogP contribution is 2.30. The van der Waals surface area contributed by atoms with Gasteiger partial charge < -0.3 is 25.4 Å². The minimum absolute atomic E-state index is 0.0252. The molecule has 3 amide bonds. The van der Waals surface area contributed by atoms with Crippen LogP contribution in [0.4, 0.5) is 14.9 Å².